The molecule has 0 bridgehead atoms. The minimum Gasteiger partial charge on any atom is -0.322 e. The molecule has 4 aromatic carbocycles. The van der Waals surface area contributed by atoms with E-state index >= 15 is 0 Å². The zero-order valence-electron chi connectivity index (χ0n) is 24.3. The van der Waals surface area contributed by atoms with Gasteiger partial charge in [0, 0.05) is 29.0 Å². The number of hydrogen-bond acceptors (Lipinski definition) is 6. The Labute approximate surface area is 265 Å². The van der Waals surface area contributed by atoms with Crippen LogP contribution in [0.5, 0.6) is 0 Å². The third-order valence-electron chi connectivity index (χ3n) is 7.06. The van der Waals surface area contributed by atoms with E-state index < -0.39 is 31.5 Å². The maximum Gasteiger partial charge on any atom is 0.296 e. The van der Waals surface area contributed by atoms with Crippen LogP contribution in [0.15, 0.2) is 112 Å². The molecule has 0 radical (unpaired) electrons. The molecule has 1 heterocycles. The Morgan fingerprint density at radius 1 is 0.756 bits per heavy atom. The topological polar surface area (TPSA) is 148 Å². The molecular weight excluding hydrogens is 638 g/mol. The molecule has 0 saturated carbocycles. The average molecular weight is 666 g/mol. The number of nitrogens with zero attached hydrogens (tertiary/aromatic N) is 2. The van der Waals surface area contributed by atoms with Crippen molar-refractivity contribution in [2.45, 2.75) is 23.6 Å². The summed E-state index contributed by atoms with van der Waals surface area (Å²) < 4.78 is 60.5. The van der Waals surface area contributed by atoms with Crippen molar-refractivity contribution in [2.24, 2.45) is 7.05 Å². The molecule has 0 atom stereocenters. The fourth-order valence-corrected chi connectivity index (χ4v) is 6.88. The highest BCUT2D eigenvalue weighted by molar-refractivity contribution is 7.93. The van der Waals surface area contributed by atoms with E-state index in [-0.39, 0.29) is 26.7 Å². The lowest BCUT2D eigenvalue weighted by Gasteiger charge is -2.13. The molecule has 0 saturated heterocycles. The summed E-state index contributed by atoms with van der Waals surface area (Å²) in [4.78, 5) is 26.1. The summed E-state index contributed by atoms with van der Waals surface area (Å²) in [5.74, 6) is -0.669. The van der Waals surface area contributed by atoms with Crippen LogP contribution in [0.1, 0.15) is 21.6 Å². The third kappa shape index (κ3) is 6.65. The van der Waals surface area contributed by atoms with Gasteiger partial charge in [0.2, 0.25) is 0 Å². The van der Waals surface area contributed by atoms with E-state index in [2.05, 4.69) is 14.8 Å². The molecule has 5 aromatic rings. The van der Waals surface area contributed by atoms with Gasteiger partial charge < -0.3 is 5.32 Å². The van der Waals surface area contributed by atoms with Gasteiger partial charge in [-0.1, -0.05) is 41.9 Å². The number of carbonyl (C=O) groups excluding carboxylic acids is 1. The fraction of sp³-hybridized carbons (Fsp3) is 0.0968. The van der Waals surface area contributed by atoms with Crippen molar-refractivity contribution in [1.29, 1.82) is 0 Å². The predicted molar refractivity (Wildman–Crippen MR) is 174 cm³/mol. The molecule has 11 nitrogen and oxygen atoms in total. The first-order valence-electron chi connectivity index (χ1n) is 13.4. The summed E-state index contributed by atoms with van der Waals surface area (Å²) in [5.41, 5.74) is 1.35. The molecule has 14 heteroatoms. The maximum atomic E-state index is 13.4. The maximum absolute atomic E-state index is 13.4. The lowest BCUT2D eigenvalue weighted by Crippen LogP contribution is -2.23. The van der Waals surface area contributed by atoms with Gasteiger partial charge in [-0.05, 0) is 86.1 Å². The summed E-state index contributed by atoms with van der Waals surface area (Å²) >= 11 is 5.88. The SMILES string of the molecule is Cc1ccc(S(=O)(=O)Nc2ccc(Cl)cc2)cc1NC(=O)c1cccc(S(=O)(=O)Nc2c(C)n(C)n(-c3ccccc3)c2=O)c1. The van der Waals surface area contributed by atoms with Crippen molar-refractivity contribution in [3.63, 3.8) is 0 Å². The summed E-state index contributed by atoms with van der Waals surface area (Å²) in [5, 5.41) is 3.12. The van der Waals surface area contributed by atoms with E-state index in [0.29, 0.717) is 27.7 Å². The van der Waals surface area contributed by atoms with Gasteiger partial charge in [0.15, 0.2) is 0 Å². The molecule has 0 unspecified atom stereocenters. The van der Waals surface area contributed by atoms with E-state index in [1.807, 2.05) is 0 Å². The van der Waals surface area contributed by atoms with Crippen LogP contribution in [-0.2, 0) is 27.1 Å². The number of rotatable bonds is 9. The normalized spacial score (nSPS) is 11.6. The van der Waals surface area contributed by atoms with Crippen LogP contribution in [-0.4, -0.2) is 32.1 Å². The van der Waals surface area contributed by atoms with Gasteiger partial charge >= 0.3 is 0 Å². The van der Waals surface area contributed by atoms with Gasteiger partial charge in [-0.2, -0.15) is 0 Å². The molecule has 232 valence electrons. The number of anilines is 3. The molecule has 0 aliphatic rings. The molecule has 0 aliphatic carbocycles. The molecule has 1 aromatic heterocycles. The van der Waals surface area contributed by atoms with Gasteiger partial charge in [-0.15, -0.1) is 0 Å². The third-order valence-corrected chi connectivity index (χ3v) is 10.0. The number of para-hydroxylation sites is 1. The van der Waals surface area contributed by atoms with Gasteiger partial charge in [-0.3, -0.25) is 23.7 Å². The second kappa shape index (κ2) is 12.3. The minimum atomic E-state index is -4.29. The van der Waals surface area contributed by atoms with Crippen LogP contribution in [0.3, 0.4) is 0 Å². The number of aromatic nitrogens is 2. The Balaban J connectivity index is 1.38. The molecule has 45 heavy (non-hydrogen) atoms. The highest BCUT2D eigenvalue weighted by Crippen LogP contribution is 2.25. The number of carbonyl (C=O) groups is 1. The smallest absolute Gasteiger partial charge is 0.296 e. The number of hydrogen-bond donors (Lipinski definition) is 3. The molecule has 1 amide bonds. The van der Waals surface area contributed by atoms with Crippen LogP contribution in [0.4, 0.5) is 17.1 Å². The minimum absolute atomic E-state index is 0.00342. The van der Waals surface area contributed by atoms with Gasteiger partial charge in [-0.25, -0.2) is 21.5 Å². The Kier molecular flexibility index (Phi) is 8.61. The first kappa shape index (κ1) is 31.6. The number of aryl methyl sites for hydroxylation is 1. The van der Waals surface area contributed by atoms with Crippen molar-refractivity contribution in [1.82, 2.24) is 9.36 Å². The highest BCUT2D eigenvalue weighted by Gasteiger charge is 2.24. The molecule has 0 fully saturated rings. The van der Waals surface area contributed by atoms with E-state index in [0.717, 1.165) is 0 Å². The Morgan fingerprint density at radius 3 is 2.09 bits per heavy atom. The van der Waals surface area contributed by atoms with Gasteiger partial charge in [0.05, 0.1) is 21.2 Å². The quantitative estimate of drug-likeness (QED) is 0.195. The lowest BCUT2D eigenvalue weighted by atomic mass is 10.1. The second-order valence-electron chi connectivity index (χ2n) is 10.1. The molecule has 0 spiro atoms. The summed E-state index contributed by atoms with van der Waals surface area (Å²) in [6.07, 6.45) is 0. The first-order chi connectivity index (χ1) is 21.3. The average Bonchev–Trinajstić information content (AvgIpc) is 3.22. The molecule has 5 rings (SSSR count). The predicted octanol–water partition coefficient (Wildman–Crippen LogP) is 5.30. The number of nitrogens with one attached hydrogen (secondary N) is 3. The number of benzene rings is 4. The van der Waals surface area contributed by atoms with Gasteiger partial charge in [0.1, 0.15) is 5.69 Å². The standard InChI is InChI=1S/C31H28ClN5O6S2/c1-20-12-17-27(44(40,41)34-24-15-13-23(32)14-16-24)19-28(20)33-30(38)22-8-7-11-26(18-22)45(42,43)35-29-21(2)36(3)37(31(29)39)25-9-5-4-6-10-25/h4-19,34-35H,1-3H3,(H,33,38). The van der Waals surface area contributed by atoms with E-state index in [4.69, 9.17) is 11.6 Å². The van der Waals surface area contributed by atoms with Crippen LogP contribution in [0.25, 0.3) is 5.69 Å². The van der Waals surface area contributed by atoms with Crippen molar-refractivity contribution in [2.75, 3.05) is 14.8 Å². The van der Waals surface area contributed by atoms with Crippen molar-refractivity contribution in [3.8, 4) is 5.69 Å². The van der Waals surface area contributed by atoms with Crippen molar-refractivity contribution in [3.05, 3.63) is 129 Å². The number of amides is 1. The molecule has 3 N–H and O–H groups in total. The largest absolute Gasteiger partial charge is 0.322 e. The molecule has 0 aliphatic heterocycles. The fourth-order valence-electron chi connectivity index (χ4n) is 4.51. The van der Waals surface area contributed by atoms with Crippen molar-refractivity contribution < 1.29 is 21.6 Å². The first-order valence-corrected chi connectivity index (χ1v) is 16.8. The second-order valence-corrected chi connectivity index (χ2v) is 13.9. The van der Waals surface area contributed by atoms with Crippen LogP contribution < -0.4 is 20.3 Å². The molecular formula is C31H28ClN5O6S2. The highest BCUT2D eigenvalue weighted by atomic mass is 35.5. The zero-order valence-corrected chi connectivity index (χ0v) is 26.7. The summed E-state index contributed by atoms with van der Waals surface area (Å²) in [6, 6.07) is 24.5. The summed E-state index contributed by atoms with van der Waals surface area (Å²) in [7, 11) is -6.66. The van der Waals surface area contributed by atoms with Crippen LogP contribution in [0.2, 0.25) is 5.02 Å². The van der Waals surface area contributed by atoms with Crippen LogP contribution in [0, 0.1) is 13.8 Å². The number of sulfonamides is 2. The Bertz CT molecular complexity index is 2200. The Morgan fingerprint density at radius 2 is 1.40 bits per heavy atom. The number of halogens is 1. The van der Waals surface area contributed by atoms with Crippen LogP contribution >= 0.6 is 11.6 Å². The Hall–Kier alpha value is -4.85. The van der Waals surface area contributed by atoms with E-state index in [1.54, 1.807) is 74.1 Å². The summed E-state index contributed by atoms with van der Waals surface area (Å²) in [6.45, 7) is 3.30. The zero-order chi connectivity index (χ0) is 32.5. The van der Waals surface area contributed by atoms with E-state index in [1.165, 1.54) is 53.2 Å². The van der Waals surface area contributed by atoms with Gasteiger partial charge in [0.25, 0.3) is 31.5 Å². The monoisotopic (exact) mass is 665 g/mol. The lowest BCUT2D eigenvalue weighted by molar-refractivity contribution is 0.102. The van der Waals surface area contributed by atoms with E-state index in [9.17, 15) is 26.4 Å². The van der Waals surface area contributed by atoms with Crippen molar-refractivity contribution >= 4 is 54.6 Å².